The van der Waals surface area contributed by atoms with Crippen LogP contribution < -0.4 is 14.5 Å². The molecule has 1 fully saturated rings. The predicted octanol–water partition coefficient (Wildman–Crippen LogP) is 5.35. The molecule has 1 amide bonds. The number of carbonyl (C=O) groups is 2. The molecule has 170 valence electrons. The van der Waals surface area contributed by atoms with E-state index in [9.17, 15) is 9.59 Å². The molecule has 2 aliphatic rings. The molecule has 6 nitrogen and oxygen atoms in total. The Kier molecular flexibility index (Phi) is 7.42. The Morgan fingerprint density at radius 3 is 2.64 bits per heavy atom. The number of allylic oxidation sites excluding steroid dienone is 2. The zero-order chi connectivity index (χ0) is 23.4. The van der Waals surface area contributed by atoms with Crippen LogP contribution in [0.3, 0.4) is 0 Å². The molecule has 0 radical (unpaired) electrons. The largest absolute Gasteiger partial charge is 0.497 e. The van der Waals surface area contributed by atoms with Crippen molar-refractivity contribution in [2.45, 2.75) is 18.2 Å². The lowest BCUT2D eigenvalue weighted by atomic mass is 10.2. The zero-order valence-corrected chi connectivity index (χ0v) is 20.6. The fourth-order valence-electron chi connectivity index (χ4n) is 3.43. The van der Waals surface area contributed by atoms with E-state index in [1.165, 1.54) is 11.8 Å². The van der Waals surface area contributed by atoms with Crippen LogP contribution in [-0.2, 0) is 14.3 Å². The van der Waals surface area contributed by atoms with E-state index in [-0.39, 0.29) is 18.3 Å². The molecule has 9 heteroatoms. The summed E-state index contributed by atoms with van der Waals surface area (Å²) in [6.07, 6.45) is 3.95. The lowest BCUT2D eigenvalue weighted by Gasteiger charge is -2.20. The average molecular weight is 499 g/mol. The summed E-state index contributed by atoms with van der Waals surface area (Å²) in [5.74, 6) is 0.343. The summed E-state index contributed by atoms with van der Waals surface area (Å²) < 4.78 is 11.0. The molecule has 2 aliphatic heterocycles. The van der Waals surface area contributed by atoms with Gasteiger partial charge >= 0.3 is 5.97 Å². The number of anilines is 2. The van der Waals surface area contributed by atoms with E-state index in [4.69, 9.17) is 21.7 Å². The van der Waals surface area contributed by atoms with Crippen molar-refractivity contribution in [3.63, 3.8) is 0 Å². The Hall–Kier alpha value is -2.75. The number of carbonyl (C=O) groups excluding carboxylic acids is 2. The third-order valence-corrected chi connectivity index (χ3v) is 7.42. The molecule has 0 aliphatic carbocycles. The highest BCUT2D eigenvalue weighted by atomic mass is 32.2. The van der Waals surface area contributed by atoms with Crippen LogP contribution >= 0.6 is 35.7 Å². The molecule has 4 rings (SSSR count). The fourth-order valence-corrected chi connectivity index (χ4v) is 5.74. The van der Waals surface area contributed by atoms with E-state index in [0.717, 1.165) is 27.0 Å². The zero-order valence-electron chi connectivity index (χ0n) is 18.1. The summed E-state index contributed by atoms with van der Waals surface area (Å²) in [7, 11) is 1.62. The van der Waals surface area contributed by atoms with Crippen molar-refractivity contribution in [3.8, 4) is 5.75 Å². The third kappa shape index (κ3) is 5.10. The van der Waals surface area contributed by atoms with Gasteiger partial charge in [0.15, 0.2) is 4.32 Å². The molecule has 2 heterocycles. The number of benzene rings is 2. The van der Waals surface area contributed by atoms with Crippen molar-refractivity contribution in [1.29, 1.82) is 0 Å². The maximum absolute atomic E-state index is 13.0. The summed E-state index contributed by atoms with van der Waals surface area (Å²) >= 11 is 8.31. The Balaban J connectivity index is 1.60. The molecule has 0 aromatic heterocycles. The number of thiocarbonyl (C=S) groups is 1. The molecule has 1 saturated heterocycles. The lowest BCUT2D eigenvalue weighted by Crippen LogP contribution is -2.27. The second-order valence-corrected chi connectivity index (χ2v) is 9.76. The highest BCUT2D eigenvalue weighted by Crippen LogP contribution is 2.47. The molecule has 0 atom stereocenters. The topological polar surface area (TPSA) is 59.1 Å². The first-order chi connectivity index (χ1) is 16.0. The van der Waals surface area contributed by atoms with Crippen molar-refractivity contribution >= 4 is 63.3 Å². The Morgan fingerprint density at radius 1 is 1.12 bits per heavy atom. The average Bonchev–Trinajstić information content (AvgIpc) is 3.31. The van der Waals surface area contributed by atoms with Crippen molar-refractivity contribution < 1.29 is 19.1 Å². The number of amides is 1. The Morgan fingerprint density at radius 2 is 1.91 bits per heavy atom. The molecule has 2 aromatic rings. The summed E-state index contributed by atoms with van der Waals surface area (Å²) in [4.78, 5) is 30.2. The van der Waals surface area contributed by atoms with Crippen molar-refractivity contribution in [2.24, 2.45) is 0 Å². The first kappa shape index (κ1) is 23.4. The number of para-hydroxylation sites is 1. The number of nitrogens with zero attached hydrogens (tertiary/aromatic N) is 2. The maximum Gasteiger partial charge on any atom is 0.307 e. The van der Waals surface area contributed by atoms with Gasteiger partial charge in [-0.05, 0) is 43.3 Å². The molecule has 0 N–H and O–H groups in total. The molecule has 2 aromatic carbocycles. The summed E-state index contributed by atoms with van der Waals surface area (Å²) in [6.45, 7) is 2.60. The van der Waals surface area contributed by atoms with Gasteiger partial charge in [-0.2, -0.15) is 0 Å². The summed E-state index contributed by atoms with van der Waals surface area (Å²) in [6, 6.07) is 15.2. The molecule has 0 spiro atoms. The molecule has 0 bridgehead atoms. The van der Waals surface area contributed by atoms with Crippen LogP contribution in [0.1, 0.15) is 13.3 Å². The van der Waals surface area contributed by atoms with Gasteiger partial charge in [0.25, 0.3) is 5.91 Å². The van der Waals surface area contributed by atoms with Crippen LogP contribution in [0.5, 0.6) is 5.75 Å². The van der Waals surface area contributed by atoms with Gasteiger partial charge in [-0.25, -0.2) is 0 Å². The Labute approximate surface area is 206 Å². The van der Waals surface area contributed by atoms with Gasteiger partial charge in [0.1, 0.15) is 5.75 Å². The van der Waals surface area contributed by atoms with Crippen LogP contribution in [0.25, 0.3) is 0 Å². The summed E-state index contributed by atoms with van der Waals surface area (Å²) in [5, 5.41) is 0.910. The Bertz CT molecular complexity index is 1150. The second kappa shape index (κ2) is 10.5. The third-order valence-electron chi connectivity index (χ3n) is 4.97. The van der Waals surface area contributed by atoms with Crippen LogP contribution in [-0.4, -0.2) is 36.5 Å². The minimum Gasteiger partial charge on any atom is -0.497 e. The number of thioether (sulfide) groups is 2. The van der Waals surface area contributed by atoms with Gasteiger partial charge in [0.05, 0.1) is 41.4 Å². The van der Waals surface area contributed by atoms with Crippen LogP contribution in [0.4, 0.5) is 11.4 Å². The SMILES string of the molecule is CCOC(=O)CCN1/C(=C/C=C2\SC(=S)N(c3ccccc3)C2=O)Sc2ccc(OC)cc21. The van der Waals surface area contributed by atoms with Gasteiger partial charge in [-0.15, -0.1) is 0 Å². The normalized spacial score (nSPS) is 17.8. The second-order valence-electron chi connectivity index (χ2n) is 7.02. The van der Waals surface area contributed by atoms with Gasteiger partial charge in [-0.1, -0.05) is 53.9 Å². The van der Waals surface area contributed by atoms with E-state index in [1.807, 2.05) is 59.5 Å². The first-order valence-corrected chi connectivity index (χ1v) is 12.4. The molecular formula is C24H22N2O4S3. The molecule has 0 saturated carbocycles. The van der Waals surface area contributed by atoms with Crippen LogP contribution in [0.15, 0.2) is 75.5 Å². The van der Waals surface area contributed by atoms with Crippen molar-refractivity contribution in [1.82, 2.24) is 0 Å². The van der Waals surface area contributed by atoms with Crippen LogP contribution in [0.2, 0.25) is 0 Å². The number of esters is 1. The molecule has 33 heavy (non-hydrogen) atoms. The van der Waals surface area contributed by atoms with Crippen molar-refractivity contribution in [2.75, 3.05) is 30.1 Å². The number of fused-ring (bicyclic) bond motifs is 1. The van der Waals surface area contributed by atoms with Crippen molar-refractivity contribution in [3.05, 3.63) is 70.6 Å². The number of rotatable bonds is 7. The van der Waals surface area contributed by atoms with Gasteiger partial charge in [-0.3, -0.25) is 14.5 Å². The van der Waals surface area contributed by atoms with Gasteiger partial charge in [0.2, 0.25) is 0 Å². The maximum atomic E-state index is 13.0. The van der Waals surface area contributed by atoms with Crippen LogP contribution in [0, 0.1) is 0 Å². The highest BCUT2D eigenvalue weighted by molar-refractivity contribution is 8.27. The lowest BCUT2D eigenvalue weighted by molar-refractivity contribution is -0.142. The number of hydrogen-bond acceptors (Lipinski definition) is 8. The quantitative estimate of drug-likeness (QED) is 0.288. The smallest absolute Gasteiger partial charge is 0.307 e. The minimum atomic E-state index is -0.248. The van der Waals surface area contributed by atoms with E-state index < -0.39 is 0 Å². The first-order valence-electron chi connectivity index (χ1n) is 10.3. The summed E-state index contributed by atoms with van der Waals surface area (Å²) in [5.41, 5.74) is 1.71. The highest BCUT2D eigenvalue weighted by Gasteiger charge is 2.33. The molecule has 0 unspecified atom stereocenters. The van der Waals surface area contributed by atoms with E-state index in [2.05, 4.69) is 0 Å². The van der Waals surface area contributed by atoms with E-state index >= 15 is 0 Å². The standard InChI is InChI=1S/C24H22N2O4S3/c1-3-30-22(27)13-14-25-18-15-17(29-2)9-10-19(18)32-21(25)12-11-20-23(28)26(24(31)33-20)16-7-5-4-6-8-16/h4-12,15H,3,13-14H2,1-2H3/b20-11-,21-12-. The van der Waals surface area contributed by atoms with Gasteiger partial charge in [0, 0.05) is 17.5 Å². The minimum absolute atomic E-state index is 0.145. The monoisotopic (exact) mass is 498 g/mol. The number of ether oxygens (including phenoxy) is 2. The van der Waals surface area contributed by atoms with Gasteiger partial charge < -0.3 is 14.4 Å². The number of hydrogen-bond donors (Lipinski definition) is 0. The molecular weight excluding hydrogens is 476 g/mol. The fraction of sp³-hybridized carbons (Fsp3) is 0.208. The van der Waals surface area contributed by atoms with E-state index in [0.29, 0.717) is 22.4 Å². The van der Waals surface area contributed by atoms with E-state index in [1.54, 1.807) is 36.8 Å². The number of methoxy groups -OCH3 is 1. The predicted molar refractivity (Wildman–Crippen MR) is 138 cm³/mol.